The van der Waals surface area contributed by atoms with Crippen LogP contribution >= 0.6 is 0 Å². The van der Waals surface area contributed by atoms with Crippen molar-refractivity contribution in [3.05, 3.63) is 48.5 Å². The summed E-state index contributed by atoms with van der Waals surface area (Å²) in [6.07, 6.45) is 4.35. The number of benzene rings is 1. The van der Waals surface area contributed by atoms with Crippen LogP contribution in [0.4, 0.5) is 0 Å². The van der Waals surface area contributed by atoms with Crippen LogP contribution in [-0.2, 0) is 6.54 Å². The Balaban J connectivity index is 1.83. The van der Waals surface area contributed by atoms with Gasteiger partial charge in [0, 0.05) is 12.4 Å². The Morgan fingerprint density at radius 1 is 1.37 bits per heavy atom. The molecule has 0 amide bonds. The van der Waals surface area contributed by atoms with Gasteiger partial charge in [0.2, 0.25) is 0 Å². The topological polar surface area (TPSA) is 84.6 Å². The molecule has 1 aromatic heterocycles. The summed E-state index contributed by atoms with van der Waals surface area (Å²) in [6.45, 7) is 0.526. The van der Waals surface area contributed by atoms with E-state index in [1.807, 2.05) is 0 Å². The molecule has 0 radical (unpaired) electrons. The average Bonchev–Trinajstić information content (AvgIpc) is 2.89. The third kappa shape index (κ3) is 3.82. The molecule has 0 saturated carbocycles. The highest BCUT2D eigenvalue weighted by Gasteiger charge is 2.07. The molecule has 1 aromatic carbocycles. The number of hydrogen-bond acceptors (Lipinski definition) is 4. The number of carboxylic acids is 1. The molecule has 0 aliphatic rings. The first-order chi connectivity index (χ1) is 9.15. The Hall–Kier alpha value is -2.34. The lowest BCUT2D eigenvalue weighted by Crippen LogP contribution is -2.23. The lowest BCUT2D eigenvalue weighted by atomic mass is 10.2. The molecule has 100 valence electrons. The van der Waals surface area contributed by atoms with Gasteiger partial charge >= 0.3 is 5.97 Å². The van der Waals surface area contributed by atoms with Crippen LogP contribution in [0.3, 0.4) is 0 Å². The summed E-state index contributed by atoms with van der Waals surface area (Å²) in [5.74, 6) is -0.457. The number of aromatic nitrogens is 2. The monoisotopic (exact) mass is 262 g/mol. The Labute approximate surface area is 109 Å². The Morgan fingerprint density at radius 3 is 2.68 bits per heavy atom. The molecule has 0 saturated heterocycles. The molecular weight excluding hydrogens is 248 g/mol. The van der Waals surface area contributed by atoms with E-state index >= 15 is 0 Å². The fourth-order valence-corrected chi connectivity index (χ4v) is 1.58. The van der Waals surface area contributed by atoms with Gasteiger partial charge in [-0.2, -0.15) is 0 Å². The van der Waals surface area contributed by atoms with Crippen LogP contribution < -0.4 is 4.74 Å². The van der Waals surface area contributed by atoms with E-state index in [4.69, 9.17) is 9.84 Å². The van der Waals surface area contributed by atoms with Crippen LogP contribution in [0, 0.1) is 0 Å². The number of imidazole rings is 1. The number of ether oxygens (including phenoxy) is 1. The molecule has 19 heavy (non-hydrogen) atoms. The summed E-state index contributed by atoms with van der Waals surface area (Å²) in [4.78, 5) is 14.5. The molecule has 6 nitrogen and oxygen atoms in total. The molecule has 0 bridgehead atoms. The number of carbonyl (C=O) groups is 1. The summed E-state index contributed by atoms with van der Waals surface area (Å²) >= 11 is 0. The molecule has 0 aliphatic heterocycles. The lowest BCUT2D eigenvalue weighted by Gasteiger charge is -2.12. The molecule has 2 N–H and O–H groups in total. The molecule has 1 atom stereocenters. The van der Waals surface area contributed by atoms with Crippen LogP contribution in [0.15, 0.2) is 43.0 Å². The fourth-order valence-electron chi connectivity index (χ4n) is 1.58. The van der Waals surface area contributed by atoms with E-state index in [1.54, 1.807) is 35.4 Å². The van der Waals surface area contributed by atoms with E-state index in [9.17, 15) is 9.90 Å². The van der Waals surface area contributed by atoms with Crippen LogP contribution in [0.25, 0.3) is 0 Å². The lowest BCUT2D eigenvalue weighted by molar-refractivity contribution is 0.0696. The number of aliphatic hydroxyl groups excluding tert-OH is 1. The van der Waals surface area contributed by atoms with Crippen molar-refractivity contribution in [2.45, 2.75) is 12.6 Å². The molecule has 0 aliphatic carbocycles. The maximum Gasteiger partial charge on any atom is 0.335 e. The van der Waals surface area contributed by atoms with Gasteiger partial charge in [-0.15, -0.1) is 0 Å². The van der Waals surface area contributed by atoms with Gasteiger partial charge in [0.05, 0.1) is 18.4 Å². The predicted octanol–water partition coefficient (Wildman–Crippen LogP) is 1.02. The van der Waals surface area contributed by atoms with Crippen LogP contribution in [0.1, 0.15) is 10.4 Å². The second-order valence-electron chi connectivity index (χ2n) is 4.05. The van der Waals surface area contributed by atoms with Crippen LogP contribution in [0.2, 0.25) is 0 Å². The standard InChI is InChI=1S/C13H14N2O4/c16-11(7-15-6-5-14-9-15)8-19-12-3-1-10(2-4-12)13(17)18/h1-6,9,11,16H,7-8H2,(H,17,18). The second kappa shape index (κ2) is 6.01. The first-order valence-corrected chi connectivity index (χ1v) is 5.75. The van der Waals surface area contributed by atoms with Crippen LogP contribution in [-0.4, -0.2) is 38.4 Å². The summed E-state index contributed by atoms with van der Waals surface area (Å²) in [6, 6.07) is 6.04. The Kier molecular flexibility index (Phi) is 4.15. The molecule has 1 unspecified atom stereocenters. The third-order valence-corrected chi connectivity index (χ3v) is 2.52. The van der Waals surface area contributed by atoms with E-state index < -0.39 is 12.1 Å². The van der Waals surface area contributed by atoms with Gasteiger partial charge in [-0.1, -0.05) is 0 Å². The highest BCUT2D eigenvalue weighted by atomic mass is 16.5. The van der Waals surface area contributed by atoms with Crippen LogP contribution in [0.5, 0.6) is 5.75 Å². The minimum atomic E-state index is -0.980. The van der Waals surface area contributed by atoms with E-state index in [0.717, 1.165) is 0 Å². The first-order valence-electron chi connectivity index (χ1n) is 5.75. The van der Waals surface area contributed by atoms with Crippen molar-refractivity contribution in [1.82, 2.24) is 9.55 Å². The Bertz CT molecular complexity index is 522. The van der Waals surface area contributed by atoms with Gasteiger partial charge in [-0.3, -0.25) is 0 Å². The predicted molar refractivity (Wildman–Crippen MR) is 67.1 cm³/mol. The second-order valence-corrected chi connectivity index (χ2v) is 4.05. The van der Waals surface area contributed by atoms with E-state index in [1.165, 1.54) is 12.1 Å². The Morgan fingerprint density at radius 2 is 2.11 bits per heavy atom. The number of aliphatic hydroxyl groups is 1. The number of rotatable bonds is 6. The van der Waals surface area contributed by atoms with Crippen molar-refractivity contribution in [3.63, 3.8) is 0 Å². The van der Waals surface area contributed by atoms with Gasteiger partial charge in [-0.25, -0.2) is 9.78 Å². The van der Waals surface area contributed by atoms with Crippen molar-refractivity contribution >= 4 is 5.97 Å². The van der Waals surface area contributed by atoms with Crippen molar-refractivity contribution in [2.75, 3.05) is 6.61 Å². The quantitative estimate of drug-likeness (QED) is 0.812. The number of nitrogens with zero attached hydrogens (tertiary/aromatic N) is 2. The zero-order valence-corrected chi connectivity index (χ0v) is 10.1. The summed E-state index contributed by atoms with van der Waals surface area (Å²) in [5.41, 5.74) is 0.200. The molecule has 6 heteroatoms. The van der Waals surface area contributed by atoms with Gasteiger partial charge < -0.3 is 19.5 Å². The van der Waals surface area contributed by atoms with Crippen molar-refractivity contribution in [2.24, 2.45) is 0 Å². The first kappa shape index (κ1) is 13.1. The molecule has 2 aromatic rings. The summed E-state index contributed by atoms with van der Waals surface area (Å²) < 4.78 is 7.13. The zero-order chi connectivity index (χ0) is 13.7. The minimum Gasteiger partial charge on any atom is -0.491 e. The number of hydrogen-bond donors (Lipinski definition) is 2. The number of aromatic carboxylic acids is 1. The molecular formula is C13H14N2O4. The molecule has 0 spiro atoms. The normalized spacial score (nSPS) is 12.1. The van der Waals surface area contributed by atoms with Gasteiger partial charge in [-0.05, 0) is 24.3 Å². The highest BCUT2D eigenvalue weighted by Crippen LogP contribution is 2.12. The maximum absolute atomic E-state index is 10.7. The molecule has 0 fully saturated rings. The number of carboxylic acid groups (broad SMARTS) is 1. The largest absolute Gasteiger partial charge is 0.491 e. The summed E-state index contributed by atoms with van der Waals surface area (Å²) in [7, 11) is 0. The maximum atomic E-state index is 10.7. The van der Waals surface area contributed by atoms with Gasteiger partial charge in [0.25, 0.3) is 0 Å². The van der Waals surface area contributed by atoms with E-state index in [0.29, 0.717) is 12.3 Å². The molecule has 1 heterocycles. The van der Waals surface area contributed by atoms with E-state index in [2.05, 4.69) is 4.98 Å². The third-order valence-electron chi connectivity index (χ3n) is 2.52. The average molecular weight is 262 g/mol. The van der Waals surface area contributed by atoms with Gasteiger partial charge in [0.1, 0.15) is 18.5 Å². The van der Waals surface area contributed by atoms with Crippen molar-refractivity contribution in [3.8, 4) is 5.75 Å². The smallest absolute Gasteiger partial charge is 0.335 e. The SMILES string of the molecule is O=C(O)c1ccc(OCC(O)Cn2ccnc2)cc1. The summed E-state index contributed by atoms with van der Waals surface area (Å²) in [5, 5.41) is 18.5. The van der Waals surface area contributed by atoms with E-state index in [-0.39, 0.29) is 12.2 Å². The zero-order valence-electron chi connectivity index (χ0n) is 10.1. The van der Waals surface area contributed by atoms with Crippen molar-refractivity contribution < 1.29 is 19.7 Å². The van der Waals surface area contributed by atoms with Crippen molar-refractivity contribution in [1.29, 1.82) is 0 Å². The highest BCUT2D eigenvalue weighted by molar-refractivity contribution is 5.87. The van der Waals surface area contributed by atoms with Gasteiger partial charge in [0.15, 0.2) is 0 Å². The minimum absolute atomic E-state index is 0.130. The fraction of sp³-hybridized carbons (Fsp3) is 0.231. The molecule has 2 rings (SSSR count).